The number of aryl methyl sites for hydroxylation is 3. The van der Waals surface area contributed by atoms with Crippen LogP contribution in [-0.2, 0) is 0 Å². The van der Waals surface area contributed by atoms with E-state index >= 15 is 0 Å². The number of nitrogens with zero attached hydrogens (tertiary/aromatic N) is 4. The molecule has 0 radical (unpaired) electrons. The Labute approximate surface area is 174 Å². The van der Waals surface area contributed by atoms with Crippen LogP contribution in [0.5, 0.6) is 11.8 Å². The Bertz CT molecular complexity index is 1090. The van der Waals surface area contributed by atoms with Crippen LogP contribution in [0.25, 0.3) is 11.1 Å². The highest BCUT2D eigenvalue weighted by Gasteiger charge is 2.06. The summed E-state index contributed by atoms with van der Waals surface area (Å²) in [5, 5.41) is 0.742. The van der Waals surface area contributed by atoms with Gasteiger partial charge in [0.05, 0.1) is 0 Å². The summed E-state index contributed by atoms with van der Waals surface area (Å²) in [7, 11) is 0. The van der Waals surface area contributed by atoms with Crippen LogP contribution in [0.4, 0.5) is 0 Å². The number of aromatic nitrogens is 4. The summed E-state index contributed by atoms with van der Waals surface area (Å²) in [5.74, 6) is 0.679. The molecule has 0 aliphatic heterocycles. The molecule has 6 heteroatoms. The van der Waals surface area contributed by atoms with Gasteiger partial charge < -0.3 is 4.74 Å². The third kappa shape index (κ3) is 4.97. The molecule has 0 atom stereocenters. The molecule has 2 aromatic heterocycles. The van der Waals surface area contributed by atoms with E-state index in [9.17, 15) is 0 Å². The van der Waals surface area contributed by atoms with Crippen molar-refractivity contribution in [1.29, 1.82) is 0 Å². The first kappa shape index (κ1) is 19.1. The van der Waals surface area contributed by atoms with Crippen LogP contribution in [0.3, 0.4) is 0 Å². The molecular weight excluding hydrogens is 380 g/mol. The molecule has 0 N–H and O–H groups in total. The lowest BCUT2D eigenvalue weighted by atomic mass is 10.1. The highest BCUT2D eigenvalue weighted by molar-refractivity contribution is 7.99. The zero-order valence-electron chi connectivity index (χ0n) is 16.5. The summed E-state index contributed by atoms with van der Waals surface area (Å²) >= 11 is 1.52. The molecule has 0 fully saturated rings. The summed E-state index contributed by atoms with van der Waals surface area (Å²) in [6.45, 7) is 6.01. The van der Waals surface area contributed by atoms with E-state index in [0.717, 1.165) is 32.6 Å². The van der Waals surface area contributed by atoms with Crippen LogP contribution >= 0.6 is 11.8 Å². The number of ether oxygens (including phenoxy) is 1. The predicted molar refractivity (Wildman–Crippen MR) is 114 cm³/mol. The van der Waals surface area contributed by atoms with E-state index in [1.807, 2.05) is 44.2 Å². The van der Waals surface area contributed by atoms with E-state index < -0.39 is 0 Å². The normalized spacial score (nSPS) is 10.7. The molecule has 29 heavy (non-hydrogen) atoms. The van der Waals surface area contributed by atoms with E-state index in [2.05, 4.69) is 51.1 Å². The van der Waals surface area contributed by atoms with Crippen LogP contribution in [0.15, 0.2) is 77.0 Å². The molecule has 4 rings (SSSR count). The summed E-state index contributed by atoms with van der Waals surface area (Å²) in [5.41, 5.74) is 5.19. The first-order chi connectivity index (χ1) is 14.0. The molecule has 0 aliphatic carbocycles. The van der Waals surface area contributed by atoms with Gasteiger partial charge in [0.2, 0.25) is 0 Å². The van der Waals surface area contributed by atoms with Crippen LogP contribution < -0.4 is 4.74 Å². The molecule has 0 unspecified atom stereocenters. The van der Waals surface area contributed by atoms with Gasteiger partial charge in [-0.2, -0.15) is 0 Å². The van der Waals surface area contributed by atoms with Crippen molar-refractivity contribution >= 4 is 11.8 Å². The standard InChI is InChI=1S/C23H20N4OS/c1-15-4-6-18(7-5-15)19-13-24-22(25-14-19)28-20-8-10-21(11-9-20)29-23-26-16(2)12-17(3)27-23/h4-14H,1-3H3. The van der Waals surface area contributed by atoms with Crippen molar-refractivity contribution in [3.8, 4) is 22.9 Å². The Morgan fingerprint density at radius 2 is 1.34 bits per heavy atom. The topological polar surface area (TPSA) is 60.8 Å². The Balaban J connectivity index is 1.42. The Morgan fingerprint density at radius 3 is 1.97 bits per heavy atom. The van der Waals surface area contributed by atoms with Crippen molar-refractivity contribution < 1.29 is 4.74 Å². The minimum Gasteiger partial charge on any atom is -0.424 e. The van der Waals surface area contributed by atoms with Crippen molar-refractivity contribution in [1.82, 2.24) is 19.9 Å². The maximum Gasteiger partial charge on any atom is 0.321 e. The summed E-state index contributed by atoms with van der Waals surface area (Å²) < 4.78 is 5.77. The van der Waals surface area contributed by atoms with Gasteiger partial charge in [-0.3, -0.25) is 0 Å². The molecule has 144 valence electrons. The largest absolute Gasteiger partial charge is 0.424 e. The fraction of sp³-hybridized carbons (Fsp3) is 0.130. The van der Waals surface area contributed by atoms with E-state index in [-0.39, 0.29) is 0 Å². The summed E-state index contributed by atoms with van der Waals surface area (Å²) in [6, 6.07) is 18.3. The molecular formula is C23H20N4OS. The second-order valence-corrected chi connectivity index (χ2v) is 7.77. The average molecular weight is 401 g/mol. The van der Waals surface area contributed by atoms with Gasteiger partial charge in [-0.05, 0) is 68.4 Å². The third-order valence-electron chi connectivity index (χ3n) is 4.22. The first-order valence-electron chi connectivity index (χ1n) is 9.22. The Kier molecular flexibility index (Phi) is 5.53. The lowest BCUT2D eigenvalue weighted by molar-refractivity contribution is 0.441. The van der Waals surface area contributed by atoms with Gasteiger partial charge in [0.25, 0.3) is 0 Å². The Hall–Kier alpha value is -3.25. The van der Waals surface area contributed by atoms with Crippen molar-refractivity contribution in [3.63, 3.8) is 0 Å². The molecule has 4 aromatic rings. The van der Waals surface area contributed by atoms with Gasteiger partial charge >= 0.3 is 6.01 Å². The van der Waals surface area contributed by atoms with Gasteiger partial charge in [-0.15, -0.1) is 0 Å². The van der Waals surface area contributed by atoms with Crippen LogP contribution in [0.2, 0.25) is 0 Å². The number of benzene rings is 2. The number of hydrogen-bond donors (Lipinski definition) is 0. The number of rotatable bonds is 5. The molecule has 0 saturated carbocycles. The van der Waals surface area contributed by atoms with Crippen molar-refractivity contribution in [3.05, 3.63) is 83.9 Å². The third-order valence-corrected chi connectivity index (χ3v) is 5.09. The van der Waals surface area contributed by atoms with Crippen LogP contribution in [0.1, 0.15) is 17.0 Å². The molecule has 2 aromatic carbocycles. The van der Waals surface area contributed by atoms with E-state index in [0.29, 0.717) is 11.8 Å². The fourth-order valence-electron chi connectivity index (χ4n) is 2.79. The molecule has 0 aliphatic rings. The second-order valence-electron chi connectivity index (χ2n) is 6.73. The highest BCUT2D eigenvalue weighted by atomic mass is 32.2. The molecule has 2 heterocycles. The molecule has 0 amide bonds. The summed E-state index contributed by atoms with van der Waals surface area (Å²) in [6.07, 6.45) is 3.54. The van der Waals surface area contributed by atoms with Gasteiger partial charge in [0.15, 0.2) is 5.16 Å². The zero-order chi connectivity index (χ0) is 20.2. The fourth-order valence-corrected chi connectivity index (χ4v) is 3.65. The minimum atomic E-state index is 0.318. The van der Waals surface area contributed by atoms with Gasteiger partial charge in [-0.1, -0.05) is 29.8 Å². The van der Waals surface area contributed by atoms with E-state index in [4.69, 9.17) is 4.74 Å². The quantitative estimate of drug-likeness (QED) is 0.394. The molecule has 0 bridgehead atoms. The second kappa shape index (κ2) is 8.41. The van der Waals surface area contributed by atoms with Crippen LogP contribution in [0, 0.1) is 20.8 Å². The van der Waals surface area contributed by atoms with Crippen LogP contribution in [-0.4, -0.2) is 19.9 Å². The van der Waals surface area contributed by atoms with Crippen molar-refractivity contribution in [2.24, 2.45) is 0 Å². The smallest absolute Gasteiger partial charge is 0.321 e. The van der Waals surface area contributed by atoms with Gasteiger partial charge in [-0.25, -0.2) is 19.9 Å². The zero-order valence-corrected chi connectivity index (χ0v) is 17.3. The Morgan fingerprint density at radius 1 is 0.724 bits per heavy atom. The molecule has 0 spiro atoms. The SMILES string of the molecule is Cc1ccc(-c2cnc(Oc3ccc(Sc4nc(C)cc(C)n4)cc3)nc2)cc1. The molecule has 5 nitrogen and oxygen atoms in total. The summed E-state index contributed by atoms with van der Waals surface area (Å²) in [4.78, 5) is 18.6. The molecule has 0 saturated heterocycles. The maximum absolute atomic E-state index is 5.77. The highest BCUT2D eigenvalue weighted by Crippen LogP contribution is 2.28. The van der Waals surface area contributed by atoms with Crippen molar-refractivity contribution in [2.75, 3.05) is 0 Å². The average Bonchev–Trinajstić information content (AvgIpc) is 2.70. The minimum absolute atomic E-state index is 0.318. The van der Waals surface area contributed by atoms with Gasteiger partial charge in [0, 0.05) is 34.2 Å². The predicted octanol–water partition coefficient (Wildman–Crippen LogP) is 5.80. The monoisotopic (exact) mass is 400 g/mol. The lowest BCUT2D eigenvalue weighted by Gasteiger charge is -2.07. The van der Waals surface area contributed by atoms with E-state index in [1.165, 1.54) is 17.3 Å². The number of hydrogen-bond acceptors (Lipinski definition) is 6. The van der Waals surface area contributed by atoms with E-state index in [1.54, 1.807) is 12.4 Å². The maximum atomic E-state index is 5.77. The van der Waals surface area contributed by atoms with Crippen molar-refractivity contribution in [2.45, 2.75) is 30.8 Å². The lowest BCUT2D eigenvalue weighted by Crippen LogP contribution is -1.93. The first-order valence-corrected chi connectivity index (χ1v) is 10.0. The van der Waals surface area contributed by atoms with Gasteiger partial charge in [0.1, 0.15) is 5.75 Å².